The van der Waals surface area contributed by atoms with Crippen LogP contribution in [0, 0.1) is 17.3 Å². The van der Waals surface area contributed by atoms with Crippen molar-refractivity contribution in [3.8, 4) is 0 Å². The topological polar surface area (TPSA) is 32.3 Å². The van der Waals surface area contributed by atoms with E-state index in [-0.39, 0.29) is 0 Å². The molecule has 3 atom stereocenters. The highest BCUT2D eigenvalue weighted by atomic mass is 32.2. The number of hydrogen-bond acceptors (Lipinski definition) is 3. The molecule has 0 aromatic heterocycles. The summed E-state index contributed by atoms with van der Waals surface area (Å²) in [5, 5.41) is 3.54. The first-order valence-corrected chi connectivity index (χ1v) is 9.63. The van der Waals surface area contributed by atoms with Crippen LogP contribution in [-0.2, 0) is 10.8 Å². The van der Waals surface area contributed by atoms with Gasteiger partial charge in [0, 0.05) is 48.0 Å². The van der Waals surface area contributed by atoms with Crippen LogP contribution in [0.1, 0.15) is 40.0 Å². The zero-order valence-electron chi connectivity index (χ0n) is 13.7. The smallest absolute Gasteiger partial charge is 0.0363 e. The minimum atomic E-state index is -0.556. The second-order valence-electron chi connectivity index (χ2n) is 7.68. The fraction of sp³-hybridized carbons (Fsp3) is 1.00. The van der Waals surface area contributed by atoms with E-state index in [1.165, 1.54) is 25.8 Å². The maximum atomic E-state index is 11.5. The molecule has 0 aromatic carbocycles. The van der Waals surface area contributed by atoms with Gasteiger partial charge < -0.3 is 10.2 Å². The Morgan fingerprint density at radius 2 is 1.85 bits per heavy atom. The molecular formula is C16H32N2OS. The van der Waals surface area contributed by atoms with Crippen molar-refractivity contribution in [2.75, 3.05) is 38.2 Å². The molecule has 1 N–H and O–H groups in total. The maximum absolute atomic E-state index is 11.5. The Hall–Kier alpha value is 0.0700. The van der Waals surface area contributed by atoms with Gasteiger partial charge in [0.1, 0.15) is 0 Å². The van der Waals surface area contributed by atoms with Gasteiger partial charge in [-0.15, -0.1) is 0 Å². The molecule has 3 nitrogen and oxygen atoms in total. The van der Waals surface area contributed by atoms with Crippen molar-refractivity contribution < 1.29 is 4.21 Å². The molecular weight excluding hydrogens is 268 g/mol. The fourth-order valence-electron chi connectivity index (χ4n) is 3.82. The molecule has 20 heavy (non-hydrogen) atoms. The third-order valence-corrected chi connectivity index (χ3v) is 6.62. The summed E-state index contributed by atoms with van der Waals surface area (Å²) < 4.78 is 11.5. The number of nitrogens with one attached hydrogen (secondary N) is 1. The number of rotatable bonds is 3. The fourth-order valence-corrected chi connectivity index (χ4v) is 4.95. The van der Waals surface area contributed by atoms with Crippen molar-refractivity contribution in [3.05, 3.63) is 0 Å². The van der Waals surface area contributed by atoms with Gasteiger partial charge in [0.2, 0.25) is 0 Å². The first kappa shape index (κ1) is 16.4. The molecule has 1 aliphatic carbocycles. The SMILES string of the molecule is CNC1CCC(C(C)(C)C)CC1CN1CCS(=O)CC1. The van der Waals surface area contributed by atoms with Gasteiger partial charge in [-0.05, 0) is 43.6 Å². The van der Waals surface area contributed by atoms with Crippen molar-refractivity contribution in [2.24, 2.45) is 17.3 Å². The van der Waals surface area contributed by atoms with Gasteiger partial charge in [0.05, 0.1) is 0 Å². The second-order valence-corrected chi connectivity index (χ2v) is 9.38. The van der Waals surface area contributed by atoms with Gasteiger partial charge in [-0.2, -0.15) is 0 Å². The summed E-state index contributed by atoms with van der Waals surface area (Å²) in [7, 11) is 1.56. The van der Waals surface area contributed by atoms with Gasteiger partial charge in [-0.1, -0.05) is 20.8 Å². The quantitative estimate of drug-likeness (QED) is 0.866. The van der Waals surface area contributed by atoms with Gasteiger partial charge in [-0.25, -0.2) is 0 Å². The van der Waals surface area contributed by atoms with Crippen LogP contribution in [0.25, 0.3) is 0 Å². The third-order valence-electron chi connectivity index (χ3n) is 5.34. The maximum Gasteiger partial charge on any atom is 0.0363 e. The molecule has 2 aliphatic rings. The summed E-state index contributed by atoms with van der Waals surface area (Å²) in [6, 6.07) is 0.668. The minimum absolute atomic E-state index is 0.431. The average molecular weight is 301 g/mol. The van der Waals surface area contributed by atoms with Crippen LogP contribution in [0.5, 0.6) is 0 Å². The minimum Gasteiger partial charge on any atom is -0.317 e. The summed E-state index contributed by atoms with van der Waals surface area (Å²) in [6.45, 7) is 10.4. The van der Waals surface area contributed by atoms with E-state index in [2.05, 4.69) is 38.0 Å². The van der Waals surface area contributed by atoms with E-state index < -0.39 is 10.8 Å². The average Bonchev–Trinajstić information content (AvgIpc) is 2.40. The lowest BCUT2D eigenvalue weighted by Crippen LogP contribution is -2.48. The Morgan fingerprint density at radius 1 is 1.20 bits per heavy atom. The van der Waals surface area contributed by atoms with Gasteiger partial charge in [0.25, 0.3) is 0 Å². The van der Waals surface area contributed by atoms with E-state index in [1.54, 1.807) is 0 Å². The zero-order valence-corrected chi connectivity index (χ0v) is 14.5. The molecule has 2 fully saturated rings. The molecule has 0 amide bonds. The molecule has 118 valence electrons. The lowest BCUT2D eigenvalue weighted by Gasteiger charge is -2.43. The van der Waals surface area contributed by atoms with E-state index >= 15 is 0 Å². The lowest BCUT2D eigenvalue weighted by molar-refractivity contribution is 0.0921. The molecule has 1 saturated carbocycles. The third kappa shape index (κ3) is 4.28. The zero-order chi connectivity index (χ0) is 14.8. The first-order chi connectivity index (χ1) is 9.40. The van der Waals surface area contributed by atoms with Crippen molar-refractivity contribution in [1.82, 2.24) is 10.2 Å². The monoisotopic (exact) mass is 300 g/mol. The van der Waals surface area contributed by atoms with Crippen LogP contribution < -0.4 is 5.32 Å². The molecule has 1 saturated heterocycles. The molecule has 0 bridgehead atoms. The van der Waals surface area contributed by atoms with Crippen LogP contribution in [-0.4, -0.2) is 53.3 Å². The summed E-state index contributed by atoms with van der Waals surface area (Å²) in [6.07, 6.45) is 4.01. The second kappa shape index (κ2) is 6.89. The van der Waals surface area contributed by atoms with Crippen molar-refractivity contribution >= 4 is 10.8 Å². The van der Waals surface area contributed by atoms with Crippen LogP contribution in [0.4, 0.5) is 0 Å². The Kier molecular flexibility index (Phi) is 5.66. The predicted octanol–water partition coefficient (Wildman–Crippen LogP) is 2.10. The van der Waals surface area contributed by atoms with E-state index in [9.17, 15) is 4.21 Å². The highest BCUT2D eigenvalue weighted by molar-refractivity contribution is 7.85. The Labute approximate surface area is 127 Å². The van der Waals surface area contributed by atoms with Gasteiger partial charge in [0.15, 0.2) is 0 Å². The Balaban J connectivity index is 1.93. The van der Waals surface area contributed by atoms with Crippen molar-refractivity contribution in [2.45, 2.75) is 46.1 Å². The molecule has 3 unspecified atom stereocenters. The molecule has 1 aliphatic heterocycles. The summed E-state index contributed by atoms with van der Waals surface area (Å²) in [5.41, 5.74) is 0.431. The first-order valence-electron chi connectivity index (χ1n) is 8.14. The van der Waals surface area contributed by atoms with E-state index in [0.29, 0.717) is 11.5 Å². The number of nitrogens with zero attached hydrogens (tertiary/aromatic N) is 1. The van der Waals surface area contributed by atoms with E-state index in [0.717, 1.165) is 36.4 Å². The normalized spacial score (nSPS) is 34.3. The van der Waals surface area contributed by atoms with Crippen LogP contribution in [0.2, 0.25) is 0 Å². The van der Waals surface area contributed by atoms with Gasteiger partial charge >= 0.3 is 0 Å². The Morgan fingerprint density at radius 3 is 2.40 bits per heavy atom. The predicted molar refractivity (Wildman–Crippen MR) is 87.5 cm³/mol. The van der Waals surface area contributed by atoms with Crippen LogP contribution in [0.15, 0.2) is 0 Å². The van der Waals surface area contributed by atoms with Crippen molar-refractivity contribution in [3.63, 3.8) is 0 Å². The summed E-state index contributed by atoms with van der Waals surface area (Å²) >= 11 is 0. The molecule has 0 aromatic rings. The van der Waals surface area contributed by atoms with Gasteiger partial charge in [-0.3, -0.25) is 4.21 Å². The molecule has 4 heteroatoms. The van der Waals surface area contributed by atoms with Crippen LogP contribution >= 0.6 is 0 Å². The van der Waals surface area contributed by atoms with E-state index in [4.69, 9.17) is 0 Å². The van der Waals surface area contributed by atoms with Crippen molar-refractivity contribution in [1.29, 1.82) is 0 Å². The highest BCUT2D eigenvalue weighted by Crippen LogP contribution is 2.40. The highest BCUT2D eigenvalue weighted by Gasteiger charge is 2.36. The molecule has 0 spiro atoms. The summed E-state index contributed by atoms with van der Waals surface area (Å²) in [4.78, 5) is 2.54. The summed E-state index contributed by atoms with van der Waals surface area (Å²) in [5.74, 6) is 3.35. The molecule has 2 rings (SSSR count). The lowest BCUT2D eigenvalue weighted by atomic mass is 9.67. The standard InChI is InChI=1S/C16H32N2OS/c1-16(2,3)14-5-6-15(17-4)13(11-14)12-18-7-9-20(19)10-8-18/h13-15,17H,5-12H2,1-4H3. The van der Waals surface area contributed by atoms with E-state index in [1.807, 2.05) is 0 Å². The number of hydrogen-bond donors (Lipinski definition) is 1. The molecule has 0 radical (unpaired) electrons. The largest absolute Gasteiger partial charge is 0.317 e. The van der Waals surface area contributed by atoms with Crippen LogP contribution in [0.3, 0.4) is 0 Å². The molecule has 1 heterocycles. The Bertz CT molecular complexity index is 330.